The van der Waals surface area contributed by atoms with Crippen molar-refractivity contribution >= 4 is 0 Å². The van der Waals surface area contributed by atoms with Crippen LogP contribution in [0.25, 0.3) is 0 Å². The first-order chi connectivity index (χ1) is 7.22. The third-order valence-corrected chi connectivity index (χ3v) is 2.42. The first-order valence-corrected chi connectivity index (χ1v) is 5.35. The number of aryl methyl sites for hydroxylation is 1. The van der Waals surface area contributed by atoms with E-state index in [9.17, 15) is 9.50 Å². The molecule has 0 amide bonds. The summed E-state index contributed by atoms with van der Waals surface area (Å²) < 4.78 is 12.6. The highest BCUT2D eigenvalue weighted by molar-refractivity contribution is 5.16. The highest BCUT2D eigenvalue weighted by atomic mass is 19.1. The topological polar surface area (TPSA) is 46.2 Å². The number of benzene rings is 1. The van der Waals surface area contributed by atoms with Crippen molar-refractivity contribution < 1.29 is 9.50 Å². The summed E-state index contributed by atoms with van der Waals surface area (Å²) in [6.45, 7) is 0.619. The van der Waals surface area contributed by atoms with E-state index in [-0.39, 0.29) is 11.9 Å². The molecule has 0 aliphatic carbocycles. The number of hydrogen-bond acceptors (Lipinski definition) is 2. The van der Waals surface area contributed by atoms with Crippen LogP contribution in [0.3, 0.4) is 0 Å². The fourth-order valence-corrected chi connectivity index (χ4v) is 1.48. The molecule has 1 atom stereocenters. The maximum absolute atomic E-state index is 12.6. The maximum Gasteiger partial charge on any atom is 0.123 e. The van der Waals surface area contributed by atoms with Gasteiger partial charge in [-0.15, -0.1) is 0 Å². The Morgan fingerprint density at radius 2 is 1.87 bits per heavy atom. The molecule has 0 saturated carbocycles. The minimum atomic E-state index is -0.293. The summed E-state index contributed by atoms with van der Waals surface area (Å²) in [4.78, 5) is 0. The van der Waals surface area contributed by atoms with Gasteiger partial charge in [0.05, 0.1) is 6.10 Å². The molecule has 0 spiro atoms. The van der Waals surface area contributed by atoms with Crippen LogP contribution >= 0.6 is 0 Å². The molecule has 0 bridgehead atoms. The lowest BCUT2D eigenvalue weighted by atomic mass is 10.0. The van der Waals surface area contributed by atoms with Gasteiger partial charge in [-0.05, 0) is 49.9 Å². The summed E-state index contributed by atoms with van der Waals surface area (Å²) in [5.74, 6) is -0.220. The van der Waals surface area contributed by atoms with Crippen molar-refractivity contribution in [3.8, 4) is 0 Å². The number of hydrogen-bond donors (Lipinski definition) is 2. The number of halogens is 1. The average molecular weight is 211 g/mol. The number of aliphatic hydroxyl groups is 1. The van der Waals surface area contributed by atoms with E-state index in [1.807, 2.05) is 0 Å². The monoisotopic (exact) mass is 211 g/mol. The highest BCUT2D eigenvalue weighted by Crippen LogP contribution is 2.09. The predicted molar refractivity (Wildman–Crippen MR) is 59.0 cm³/mol. The van der Waals surface area contributed by atoms with E-state index in [1.54, 1.807) is 12.1 Å². The number of rotatable bonds is 6. The normalized spacial score (nSPS) is 12.7. The van der Waals surface area contributed by atoms with Gasteiger partial charge in [0.15, 0.2) is 0 Å². The molecule has 0 aliphatic heterocycles. The summed E-state index contributed by atoms with van der Waals surface area (Å²) in [5, 5.41) is 9.57. The van der Waals surface area contributed by atoms with Gasteiger partial charge in [-0.2, -0.15) is 0 Å². The van der Waals surface area contributed by atoms with Crippen LogP contribution in [0.1, 0.15) is 24.8 Å². The second kappa shape index (κ2) is 6.53. The number of nitrogens with two attached hydrogens (primary N) is 1. The lowest BCUT2D eigenvalue weighted by molar-refractivity contribution is 0.153. The first-order valence-electron chi connectivity index (χ1n) is 5.35. The van der Waals surface area contributed by atoms with E-state index in [1.165, 1.54) is 12.1 Å². The molecule has 15 heavy (non-hydrogen) atoms. The van der Waals surface area contributed by atoms with Crippen LogP contribution in [-0.2, 0) is 6.42 Å². The third kappa shape index (κ3) is 4.91. The summed E-state index contributed by atoms with van der Waals surface area (Å²) in [6.07, 6.45) is 2.80. The predicted octanol–water partition coefficient (Wildman–Crippen LogP) is 1.86. The van der Waals surface area contributed by atoms with Crippen LogP contribution in [0, 0.1) is 5.82 Å². The maximum atomic E-state index is 12.6. The van der Waals surface area contributed by atoms with E-state index in [0.29, 0.717) is 13.0 Å². The lowest BCUT2D eigenvalue weighted by Crippen LogP contribution is -2.10. The van der Waals surface area contributed by atoms with E-state index >= 15 is 0 Å². The van der Waals surface area contributed by atoms with Crippen molar-refractivity contribution in [1.29, 1.82) is 0 Å². The second-order valence-electron chi connectivity index (χ2n) is 3.75. The van der Waals surface area contributed by atoms with Gasteiger partial charge in [0.2, 0.25) is 0 Å². The van der Waals surface area contributed by atoms with Crippen LogP contribution in [0.5, 0.6) is 0 Å². The zero-order chi connectivity index (χ0) is 11.1. The summed E-state index contributed by atoms with van der Waals surface area (Å²) in [7, 11) is 0. The average Bonchev–Trinajstić information content (AvgIpc) is 2.25. The molecule has 0 radical (unpaired) electrons. The van der Waals surface area contributed by atoms with Crippen molar-refractivity contribution in [2.75, 3.05) is 6.54 Å². The third-order valence-electron chi connectivity index (χ3n) is 2.42. The van der Waals surface area contributed by atoms with Crippen LogP contribution in [-0.4, -0.2) is 17.8 Å². The molecule has 0 heterocycles. The van der Waals surface area contributed by atoms with E-state index < -0.39 is 0 Å². The van der Waals surface area contributed by atoms with Gasteiger partial charge in [0.25, 0.3) is 0 Å². The SMILES string of the molecule is NCCCC(O)CCc1ccc(F)cc1. The molecule has 3 N–H and O–H groups in total. The molecule has 3 heteroatoms. The summed E-state index contributed by atoms with van der Waals surface area (Å²) >= 11 is 0. The van der Waals surface area contributed by atoms with Gasteiger partial charge in [0, 0.05) is 0 Å². The Morgan fingerprint density at radius 1 is 1.20 bits per heavy atom. The number of aliphatic hydroxyl groups excluding tert-OH is 1. The molecule has 2 nitrogen and oxygen atoms in total. The molecule has 0 fully saturated rings. The van der Waals surface area contributed by atoms with Gasteiger partial charge < -0.3 is 10.8 Å². The molecular formula is C12H18FNO. The molecule has 1 aromatic rings. The molecule has 1 unspecified atom stereocenters. The Labute approximate surface area is 89.9 Å². The minimum Gasteiger partial charge on any atom is -0.393 e. The van der Waals surface area contributed by atoms with Crippen molar-refractivity contribution in [2.45, 2.75) is 31.8 Å². The molecular weight excluding hydrogens is 193 g/mol. The zero-order valence-electron chi connectivity index (χ0n) is 8.82. The van der Waals surface area contributed by atoms with Crippen LogP contribution in [0.4, 0.5) is 4.39 Å². The Balaban J connectivity index is 2.27. The van der Waals surface area contributed by atoms with Crippen LogP contribution in [0.15, 0.2) is 24.3 Å². The molecule has 0 aromatic heterocycles. The van der Waals surface area contributed by atoms with Crippen molar-refractivity contribution in [2.24, 2.45) is 5.73 Å². The van der Waals surface area contributed by atoms with Gasteiger partial charge >= 0.3 is 0 Å². The lowest BCUT2D eigenvalue weighted by Gasteiger charge is -2.09. The van der Waals surface area contributed by atoms with Crippen LogP contribution in [0.2, 0.25) is 0 Å². The van der Waals surface area contributed by atoms with E-state index in [0.717, 1.165) is 24.8 Å². The Morgan fingerprint density at radius 3 is 2.47 bits per heavy atom. The Kier molecular flexibility index (Phi) is 5.29. The van der Waals surface area contributed by atoms with Crippen LogP contribution < -0.4 is 5.73 Å². The molecule has 1 aromatic carbocycles. The largest absolute Gasteiger partial charge is 0.393 e. The molecule has 1 rings (SSSR count). The first kappa shape index (κ1) is 12.1. The molecule has 0 aliphatic rings. The Hall–Kier alpha value is -0.930. The van der Waals surface area contributed by atoms with Crippen molar-refractivity contribution in [3.05, 3.63) is 35.6 Å². The Bertz CT molecular complexity index is 273. The minimum absolute atomic E-state index is 0.220. The summed E-state index contributed by atoms with van der Waals surface area (Å²) in [5.41, 5.74) is 6.41. The highest BCUT2D eigenvalue weighted by Gasteiger charge is 2.03. The van der Waals surface area contributed by atoms with Gasteiger partial charge in [0.1, 0.15) is 5.82 Å². The standard InChI is InChI=1S/C12H18FNO/c13-11-6-3-10(4-7-11)5-8-12(15)2-1-9-14/h3-4,6-7,12,15H,1-2,5,8-9,14H2. The summed E-state index contributed by atoms with van der Waals surface area (Å²) in [6, 6.07) is 6.40. The smallest absolute Gasteiger partial charge is 0.123 e. The second-order valence-corrected chi connectivity index (χ2v) is 3.75. The van der Waals surface area contributed by atoms with Crippen molar-refractivity contribution in [1.82, 2.24) is 0 Å². The van der Waals surface area contributed by atoms with E-state index in [2.05, 4.69) is 0 Å². The van der Waals surface area contributed by atoms with E-state index in [4.69, 9.17) is 5.73 Å². The fraction of sp³-hybridized carbons (Fsp3) is 0.500. The molecule has 0 saturated heterocycles. The van der Waals surface area contributed by atoms with Crippen molar-refractivity contribution in [3.63, 3.8) is 0 Å². The van der Waals surface area contributed by atoms with Gasteiger partial charge in [-0.1, -0.05) is 12.1 Å². The van der Waals surface area contributed by atoms with Gasteiger partial charge in [-0.3, -0.25) is 0 Å². The quantitative estimate of drug-likeness (QED) is 0.754. The fourth-order valence-electron chi connectivity index (χ4n) is 1.48. The zero-order valence-corrected chi connectivity index (χ0v) is 8.82. The van der Waals surface area contributed by atoms with Gasteiger partial charge in [-0.25, -0.2) is 4.39 Å². The molecule has 84 valence electrons.